The third-order valence-electron chi connectivity index (χ3n) is 2.94. The van der Waals surface area contributed by atoms with E-state index in [-0.39, 0.29) is 12.5 Å². The van der Waals surface area contributed by atoms with Gasteiger partial charge in [-0.05, 0) is 19.1 Å². The zero-order valence-electron chi connectivity index (χ0n) is 15.0. The number of carbonyl (C=O) groups is 2. The molecule has 7 nitrogen and oxygen atoms in total. The van der Waals surface area contributed by atoms with Crippen molar-refractivity contribution in [2.24, 2.45) is 0 Å². The smallest absolute Gasteiger partial charge is 0.407 e. The third kappa shape index (κ3) is 17.8. The molecule has 0 rings (SSSR count). The first-order chi connectivity index (χ1) is 11.3. The van der Waals surface area contributed by atoms with Crippen LogP contribution in [-0.4, -0.2) is 68.5 Å². The Hall–Kier alpha value is -0.560. The minimum Gasteiger partial charge on any atom is -0.448 e. The molecule has 0 heterocycles. The monoisotopic (exact) mass is 383 g/mol. The van der Waals surface area contributed by atoms with Gasteiger partial charge in [0.25, 0.3) is 7.72 Å². The lowest BCUT2D eigenvalue weighted by Crippen LogP contribution is -2.31. The van der Waals surface area contributed by atoms with Crippen LogP contribution in [0, 0.1) is 0 Å². The molecule has 0 saturated heterocycles. The maximum atomic E-state index is 11.4. The van der Waals surface area contributed by atoms with Crippen LogP contribution in [0.25, 0.3) is 0 Å². The first kappa shape index (κ1) is 23.4. The summed E-state index contributed by atoms with van der Waals surface area (Å²) in [5, 5.41) is 5.37. The van der Waals surface area contributed by atoms with E-state index >= 15 is 0 Å². The van der Waals surface area contributed by atoms with Crippen LogP contribution in [0.2, 0.25) is 0 Å². The van der Waals surface area contributed by atoms with Gasteiger partial charge in [-0.2, -0.15) is 11.8 Å². The summed E-state index contributed by atoms with van der Waals surface area (Å²) >= 11 is 1.62. The second-order valence-corrected chi connectivity index (χ2v) is 9.53. The lowest BCUT2D eigenvalue weighted by Gasteiger charge is -2.09. The Bertz CT molecular complexity index is 353. The molecule has 2 amide bonds. The van der Waals surface area contributed by atoms with E-state index in [2.05, 4.69) is 10.6 Å². The Morgan fingerprint density at radius 2 is 1.75 bits per heavy atom. The Morgan fingerprint density at radius 1 is 1.04 bits per heavy atom. The largest absolute Gasteiger partial charge is 0.448 e. The summed E-state index contributed by atoms with van der Waals surface area (Å²) in [6.07, 6.45) is 5.74. The van der Waals surface area contributed by atoms with E-state index in [1.165, 1.54) is 0 Å². The van der Waals surface area contributed by atoms with Gasteiger partial charge in [0.2, 0.25) is 5.91 Å². The van der Waals surface area contributed by atoms with Gasteiger partial charge in [-0.15, -0.1) is 0 Å². The minimum absolute atomic E-state index is 0.0240. The summed E-state index contributed by atoms with van der Waals surface area (Å²) in [4.78, 5) is 32.2. The molecule has 142 valence electrons. The summed E-state index contributed by atoms with van der Waals surface area (Å²) in [5.74, 6) is 0.766. The maximum Gasteiger partial charge on any atom is 0.407 e. The average Bonchev–Trinajstić information content (AvgIpc) is 2.51. The number of amides is 2. The van der Waals surface area contributed by atoms with E-state index in [9.17, 15) is 14.5 Å². The average molecular weight is 383 g/mol. The maximum absolute atomic E-state index is 11.4. The molecule has 0 aliphatic heterocycles. The normalized spacial score (nSPS) is 11.2. The quantitative estimate of drug-likeness (QED) is 0.314. The minimum atomic E-state index is -2.12. The molecule has 0 saturated carbocycles. The molecule has 24 heavy (non-hydrogen) atoms. The van der Waals surface area contributed by atoms with Gasteiger partial charge in [-0.1, -0.05) is 12.8 Å². The number of nitrogens with one attached hydrogen (secondary N) is 2. The number of unbranched alkanes of at least 4 members (excludes halogenated alkanes) is 3. The predicted molar refractivity (Wildman–Crippen MR) is 101 cm³/mol. The van der Waals surface area contributed by atoms with Gasteiger partial charge < -0.3 is 15.4 Å². The molecule has 0 aromatic carbocycles. The molecular formula is C15H32N2O5PS+. The Morgan fingerprint density at radius 3 is 2.42 bits per heavy atom. The zero-order valence-corrected chi connectivity index (χ0v) is 16.7. The van der Waals surface area contributed by atoms with Crippen molar-refractivity contribution in [3.63, 3.8) is 0 Å². The van der Waals surface area contributed by atoms with E-state index in [0.29, 0.717) is 26.1 Å². The first-order valence-corrected chi connectivity index (χ1v) is 12.2. The van der Waals surface area contributed by atoms with Crippen LogP contribution in [0.4, 0.5) is 4.79 Å². The van der Waals surface area contributed by atoms with Crippen molar-refractivity contribution in [3.8, 4) is 0 Å². The first-order valence-electron chi connectivity index (χ1n) is 8.22. The van der Waals surface area contributed by atoms with Gasteiger partial charge >= 0.3 is 6.09 Å². The molecule has 0 aromatic rings. The highest BCUT2D eigenvalue weighted by Gasteiger charge is 2.21. The number of rotatable bonds is 14. The predicted octanol–water partition coefficient (Wildman–Crippen LogP) is 2.26. The fourth-order valence-corrected chi connectivity index (χ4v) is 2.69. The van der Waals surface area contributed by atoms with E-state index in [4.69, 9.17) is 9.26 Å². The van der Waals surface area contributed by atoms with Gasteiger partial charge in [0.1, 0.15) is 19.9 Å². The van der Waals surface area contributed by atoms with Crippen molar-refractivity contribution in [2.45, 2.75) is 32.1 Å². The number of thioether (sulfide) groups is 1. The Kier molecular flexibility index (Phi) is 14.4. The molecule has 9 heteroatoms. The molecule has 0 radical (unpaired) electrons. The highest BCUT2D eigenvalue weighted by molar-refractivity contribution is 7.98. The van der Waals surface area contributed by atoms with Crippen LogP contribution in [-0.2, 0) is 14.1 Å². The standard InChI is InChI=1S/C15H31N2O5PS/c1-23(2,20)22-11-7-5-4-6-9-17-15(19)21-12-10-16-14(18)8-13-24-3/h20H,4-13H2,1-3H3,(H-,16,17,18,19)/p+1. The Labute approximate surface area is 150 Å². The second kappa shape index (κ2) is 14.8. The zero-order chi connectivity index (χ0) is 18.3. The molecular weight excluding hydrogens is 351 g/mol. The van der Waals surface area contributed by atoms with Crippen molar-refractivity contribution >= 4 is 31.5 Å². The third-order valence-corrected chi connectivity index (χ3v) is 4.37. The molecule has 0 aromatic heterocycles. The van der Waals surface area contributed by atoms with Crippen molar-refractivity contribution in [2.75, 3.05) is 51.6 Å². The van der Waals surface area contributed by atoms with E-state index in [1.54, 1.807) is 25.1 Å². The highest BCUT2D eigenvalue weighted by Crippen LogP contribution is 2.46. The number of hydrogen-bond donors (Lipinski definition) is 3. The second-order valence-electron chi connectivity index (χ2n) is 5.70. The number of ether oxygens (including phenoxy) is 1. The van der Waals surface area contributed by atoms with E-state index < -0.39 is 13.8 Å². The molecule has 0 spiro atoms. The van der Waals surface area contributed by atoms with Crippen molar-refractivity contribution in [3.05, 3.63) is 0 Å². The lowest BCUT2D eigenvalue weighted by molar-refractivity contribution is -0.120. The fraction of sp³-hybridized carbons (Fsp3) is 0.867. The van der Waals surface area contributed by atoms with Gasteiger partial charge in [0.15, 0.2) is 0 Å². The Balaban J connectivity index is 3.34. The van der Waals surface area contributed by atoms with Crippen molar-refractivity contribution in [1.82, 2.24) is 10.6 Å². The molecule has 0 atom stereocenters. The number of alkyl carbamates (subject to hydrolysis) is 1. The van der Waals surface area contributed by atoms with Crippen LogP contribution in [0.3, 0.4) is 0 Å². The van der Waals surface area contributed by atoms with Crippen LogP contribution in [0.5, 0.6) is 0 Å². The van der Waals surface area contributed by atoms with Gasteiger partial charge in [-0.25, -0.2) is 14.2 Å². The molecule has 0 unspecified atom stereocenters. The number of carbonyl (C=O) groups excluding carboxylic acids is 2. The van der Waals surface area contributed by atoms with Gasteiger partial charge in [0, 0.05) is 18.7 Å². The summed E-state index contributed by atoms with van der Waals surface area (Å²) in [6.45, 7) is 5.10. The van der Waals surface area contributed by atoms with E-state index in [0.717, 1.165) is 31.4 Å². The molecule has 0 aliphatic rings. The van der Waals surface area contributed by atoms with Crippen molar-refractivity contribution < 1.29 is 23.7 Å². The van der Waals surface area contributed by atoms with E-state index in [1.807, 2.05) is 6.26 Å². The van der Waals surface area contributed by atoms with Crippen LogP contribution < -0.4 is 10.6 Å². The van der Waals surface area contributed by atoms with Gasteiger partial charge in [0.05, 0.1) is 13.2 Å². The number of hydrogen-bond acceptors (Lipinski definition) is 6. The fourth-order valence-electron chi connectivity index (χ4n) is 1.73. The van der Waals surface area contributed by atoms with Crippen LogP contribution >= 0.6 is 19.5 Å². The highest BCUT2D eigenvalue weighted by atomic mass is 32.2. The van der Waals surface area contributed by atoms with Crippen LogP contribution in [0.15, 0.2) is 0 Å². The van der Waals surface area contributed by atoms with Crippen LogP contribution in [0.1, 0.15) is 32.1 Å². The summed E-state index contributed by atoms with van der Waals surface area (Å²) in [6, 6.07) is 0. The SMILES string of the molecule is CSCCC(=O)NCCOC(=O)NCCCCCCO[P+](C)(C)O. The molecule has 0 aliphatic carbocycles. The van der Waals surface area contributed by atoms with Crippen molar-refractivity contribution in [1.29, 1.82) is 0 Å². The summed E-state index contributed by atoms with van der Waals surface area (Å²) in [7, 11) is -2.12. The topological polar surface area (TPSA) is 96.9 Å². The molecule has 0 fully saturated rings. The lowest BCUT2D eigenvalue weighted by atomic mass is 10.2. The summed E-state index contributed by atoms with van der Waals surface area (Å²) in [5.41, 5.74) is 0. The molecule has 3 N–H and O–H groups in total. The van der Waals surface area contributed by atoms with Gasteiger partial charge in [-0.3, -0.25) is 4.79 Å². The summed E-state index contributed by atoms with van der Waals surface area (Å²) < 4.78 is 10.3. The molecule has 0 bridgehead atoms.